The van der Waals surface area contributed by atoms with E-state index in [0.717, 1.165) is 16.7 Å². The summed E-state index contributed by atoms with van der Waals surface area (Å²) in [7, 11) is 0. The first-order valence-corrected chi connectivity index (χ1v) is 10.4. The molecule has 5 rings (SSSR count). The largest absolute Gasteiger partial charge is 0.346 e. The minimum atomic E-state index is -0.850. The van der Waals surface area contributed by atoms with E-state index in [4.69, 9.17) is 5.41 Å². The lowest BCUT2D eigenvalue weighted by atomic mass is 9.73. The third-order valence-corrected chi connectivity index (χ3v) is 6.29. The van der Waals surface area contributed by atoms with Gasteiger partial charge in [-0.05, 0) is 60.1 Å². The van der Waals surface area contributed by atoms with E-state index in [9.17, 15) is 9.18 Å². The predicted octanol–water partition coefficient (Wildman–Crippen LogP) is 4.42. The summed E-state index contributed by atoms with van der Waals surface area (Å²) in [4.78, 5) is 17.0. The SMILES string of the molecule is C[C@]1(c2cccc(-c3cncc(F)c3)c2)NC(=N)NC(=O)[C@@H]1c1ccc(C2CC2)cc1. The number of benzene rings is 2. The van der Waals surface area contributed by atoms with Gasteiger partial charge < -0.3 is 5.32 Å². The number of aromatic nitrogens is 1. The van der Waals surface area contributed by atoms with E-state index in [1.54, 1.807) is 6.20 Å². The van der Waals surface area contributed by atoms with Crippen molar-refractivity contribution in [1.29, 1.82) is 5.41 Å². The van der Waals surface area contributed by atoms with Gasteiger partial charge in [0.05, 0.1) is 17.7 Å². The number of carbonyl (C=O) groups excluding carboxylic acids is 1. The lowest BCUT2D eigenvalue weighted by Gasteiger charge is -2.43. The second kappa shape index (κ2) is 7.30. The number of hydrogen-bond acceptors (Lipinski definition) is 3. The van der Waals surface area contributed by atoms with Crippen LogP contribution in [-0.4, -0.2) is 16.9 Å². The summed E-state index contributed by atoms with van der Waals surface area (Å²) in [6.07, 6.45) is 5.23. The average Bonchev–Trinajstić information content (AvgIpc) is 3.59. The molecule has 1 aliphatic heterocycles. The molecule has 1 saturated carbocycles. The molecule has 6 heteroatoms. The number of pyridine rings is 1. The molecule has 2 aliphatic rings. The molecule has 3 N–H and O–H groups in total. The van der Waals surface area contributed by atoms with Crippen LogP contribution in [0.15, 0.2) is 67.0 Å². The van der Waals surface area contributed by atoms with Crippen molar-refractivity contribution in [2.75, 3.05) is 0 Å². The minimum absolute atomic E-state index is 0.0313. The topological polar surface area (TPSA) is 77.9 Å². The number of nitrogens with one attached hydrogen (secondary N) is 3. The molecule has 1 aliphatic carbocycles. The summed E-state index contributed by atoms with van der Waals surface area (Å²) in [5.41, 5.74) is 3.64. The molecule has 2 heterocycles. The van der Waals surface area contributed by atoms with E-state index >= 15 is 0 Å². The molecule has 2 aromatic carbocycles. The summed E-state index contributed by atoms with van der Waals surface area (Å²) in [5.74, 6) is -0.543. The van der Waals surface area contributed by atoms with Gasteiger partial charge in [0.25, 0.3) is 0 Å². The number of hydrogen-bond donors (Lipinski definition) is 3. The fourth-order valence-electron chi connectivity index (χ4n) is 4.51. The number of carbonyl (C=O) groups is 1. The van der Waals surface area contributed by atoms with Gasteiger partial charge in [-0.25, -0.2) is 4.39 Å². The van der Waals surface area contributed by atoms with E-state index in [0.29, 0.717) is 11.5 Å². The monoisotopic (exact) mass is 414 g/mol. The molecule has 156 valence electrons. The van der Waals surface area contributed by atoms with Gasteiger partial charge in [-0.2, -0.15) is 0 Å². The maximum Gasteiger partial charge on any atom is 0.236 e. The highest BCUT2D eigenvalue weighted by atomic mass is 19.1. The van der Waals surface area contributed by atoms with Crippen molar-refractivity contribution in [3.8, 4) is 11.1 Å². The van der Waals surface area contributed by atoms with Crippen LogP contribution in [-0.2, 0) is 10.3 Å². The molecule has 0 bridgehead atoms. The van der Waals surface area contributed by atoms with Crippen LogP contribution < -0.4 is 10.6 Å². The van der Waals surface area contributed by atoms with E-state index in [-0.39, 0.29) is 11.9 Å². The van der Waals surface area contributed by atoms with Gasteiger partial charge in [-0.15, -0.1) is 0 Å². The molecular weight excluding hydrogens is 391 g/mol. The van der Waals surface area contributed by atoms with Crippen LogP contribution in [0.4, 0.5) is 4.39 Å². The smallest absolute Gasteiger partial charge is 0.236 e. The molecule has 1 amide bonds. The second-order valence-corrected chi connectivity index (χ2v) is 8.54. The summed E-state index contributed by atoms with van der Waals surface area (Å²) in [6.45, 7) is 1.93. The number of guanidine groups is 1. The molecule has 0 spiro atoms. The fourth-order valence-corrected chi connectivity index (χ4v) is 4.51. The molecule has 5 nitrogen and oxygen atoms in total. The van der Waals surface area contributed by atoms with Crippen molar-refractivity contribution in [1.82, 2.24) is 15.6 Å². The van der Waals surface area contributed by atoms with E-state index in [1.807, 2.05) is 43.3 Å². The standard InChI is InChI=1S/C25H23FN4O/c1-25(20-4-2-3-18(11-20)19-12-21(26)14-28-13-19)22(23(31)29-24(27)30-25)17-9-7-16(8-10-17)15-5-6-15/h2-4,7-15,22H,5-6H2,1H3,(H3,27,29,30,31)/t22-,25+/m0/s1. The maximum atomic E-state index is 13.7. The molecule has 1 aromatic heterocycles. The fraction of sp³-hybridized carbons (Fsp3) is 0.240. The third kappa shape index (κ3) is 3.58. The van der Waals surface area contributed by atoms with E-state index in [1.165, 1.54) is 30.7 Å². The second-order valence-electron chi connectivity index (χ2n) is 8.54. The Bertz CT molecular complexity index is 1170. The number of rotatable bonds is 4. The highest BCUT2D eigenvalue weighted by molar-refractivity contribution is 6.03. The Hall–Kier alpha value is -3.54. The molecular formula is C25H23FN4O. The van der Waals surface area contributed by atoms with E-state index < -0.39 is 17.3 Å². The van der Waals surface area contributed by atoms with Crippen LogP contribution >= 0.6 is 0 Å². The van der Waals surface area contributed by atoms with Gasteiger partial charge in [0.2, 0.25) is 5.91 Å². The van der Waals surface area contributed by atoms with Crippen LogP contribution in [0.5, 0.6) is 0 Å². The molecule has 3 aromatic rings. The lowest BCUT2D eigenvalue weighted by Crippen LogP contribution is -2.62. The Labute approximate surface area is 180 Å². The lowest BCUT2D eigenvalue weighted by molar-refractivity contribution is -0.124. The van der Waals surface area contributed by atoms with Gasteiger partial charge in [0.1, 0.15) is 5.82 Å². The summed E-state index contributed by atoms with van der Waals surface area (Å²) < 4.78 is 13.7. The molecule has 2 fully saturated rings. The normalized spacial score (nSPS) is 23.2. The van der Waals surface area contributed by atoms with E-state index in [2.05, 4.69) is 27.8 Å². The van der Waals surface area contributed by atoms with Crippen molar-refractivity contribution in [3.63, 3.8) is 0 Å². The summed E-state index contributed by atoms with van der Waals surface area (Å²) in [5, 5.41) is 13.9. The zero-order valence-corrected chi connectivity index (χ0v) is 17.2. The molecule has 0 unspecified atom stereocenters. The molecule has 0 radical (unpaired) electrons. The van der Waals surface area contributed by atoms with Crippen molar-refractivity contribution in [2.45, 2.75) is 37.1 Å². The Kier molecular flexibility index (Phi) is 4.58. The quantitative estimate of drug-likeness (QED) is 0.591. The third-order valence-electron chi connectivity index (χ3n) is 6.29. The average molecular weight is 414 g/mol. The first-order chi connectivity index (χ1) is 14.9. The first-order valence-electron chi connectivity index (χ1n) is 10.4. The maximum absolute atomic E-state index is 13.7. The Morgan fingerprint density at radius 3 is 2.48 bits per heavy atom. The molecule has 2 atom stereocenters. The van der Waals surface area contributed by atoms with Gasteiger partial charge >= 0.3 is 0 Å². The summed E-state index contributed by atoms with van der Waals surface area (Å²) in [6, 6.07) is 17.3. The highest BCUT2D eigenvalue weighted by Crippen LogP contribution is 2.43. The van der Waals surface area contributed by atoms with Crippen LogP contribution in [0.25, 0.3) is 11.1 Å². The van der Waals surface area contributed by atoms with Crippen molar-refractivity contribution >= 4 is 11.9 Å². The van der Waals surface area contributed by atoms with Crippen LogP contribution in [0.3, 0.4) is 0 Å². The van der Waals surface area contributed by atoms with Gasteiger partial charge in [-0.1, -0.05) is 42.5 Å². The number of halogens is 1. The minimum Gasteiger partial charge on any atom is -0.346 e. The van der Waals surface area contributed by atoms with Crippen LogP contribution in [0.2, 0.25) is 0 Å². The van der Waals surface area contributed by atoms with Crippen LogP contribution in [0, 0.1) is 11.2 Å². The molecule has 1 saturated heterocycles. The highest BCUT2D eigenvalue weighted by Gasteiger charge is 2.46. The molecule has 31 heavy (non-hydrogen) atoms. The number of nitrogens with zero attached hydrogens (tertiary/aromatic N) is 1. The van der Waals surface area contributed by atoms with Crippen molar-refractivity contribution in [2.24, 2.45) is 0 Å². The zero-order valence-electron chi connectivity index (χ0n) is 17.2. The Morgan fingerprint density at radius 1 is 1.03 bits per heavy atom. The van der Waals surface area contributed by atoms with Gasteiger partial charge in [0, 0.05) is 11.8 Å². The predicted molar refractivity (Wildman–Crippen MR) is 117 cm³/mol. The van der Waals surface area contributed by atoms with Crippen molar-refractivity contribution in [3.05, 3.63) is 89.5 Å². The first kappa shape index (κ1) is 19.4. The van der Waals surface area contributed by atoms with Gasteiger partial charge in [-0.3, -0.25) is 20.5 Å². The summed E-state index contributed by atoms with van der Waals surface area (Å²) >= 11 is 0. The van der Waals surface area contributed by atoms with Gasteiger partial charge in [0.15, 0.2) is 5.96 Å². The van der Waals surface area contributed by atoms with Crippen LogP contribution in [0.1, 0.15) is 48.3 Å². The van der Waals surface area contributed by atoms with Crippen molar-refractivity contribution < 1.29 is 9.18 Å². The zero-order chi connectivity index (χ0) is 21.6. The Balaban J connectivity index is 1.57. The number of amides is 1. The Morgan fingerprint density at radius 2 is 1.77 bits per heavy atom.